The molecular weight excluding hydrogens is 421 g/mol. The smallest absolute Gasteiger partial charge is 0.394 e. The van der Waals surface area contributed by atoms with E-state index in [0.717, 1.165) is 10.8 Å². The van der Waals surface area contributed by atoms with Crippen molar-refractivity contribution in [3.63, 3.8) is 0 Å². The molecule has 32 heavy (non-hydrogen) atoms. The van der Waals surface area contributed by atoms with Crippen molar-refractivity contribution in [1.82, 2.24) is 0 Å². The molecule has 0 radical (unpaired) electrons. The number of fused-ring (bicyclic) bond motifs is 1. The topological polar surface area (TPSA) is 84.6 Å². The van der Waals surface area contributed by atoms with Crippen molar-refractivity contribution in [2.24, 2.45) is 0 Å². The van der Waals surface area contributed by atoms with E-state index >= 15 is 0 Å². The molecule has 1 aliphatic heterocycles. The molecule has 0 bridgehead atoms. The van der Waals surface area contributed by atoms with Crippen LogP contribution in [0.3, 0.4) is 0 Å². The number of nitrogens with zero attached hydrogens (tertiary/aromatic N) is 2. The molecular formula is C24H25F3N2O3. The summed E-state index contributed by atoms with van der Waals surface area (Å²) in [6.07, 6.45) is -2.48. The predicted molar refractivity (Wildman–Crippen MR) is 116 cm³/mol. The minimum atomic E-state index is -4.28. The molecule has 0 saturated carbocycles. The molecule has 2 aromatic carbocycles. The van der Waals surface area contributed by atoms with E-state index in [9.17, 15) is 28.3 Å². The van der Waals surface area contributed by atoms with Gasteiger partial charge < -0.3 is 15.1 Å². The number of carbonyl (C=O) groups is 1. The molecule has 2 aromatic rings. The Kier molecular flexibility index (Phi) is 7.54. The number of allylic oxidation sites excluding steroid dienone is 1. The molecule has 2 unspecified atom stereocenters. The molecule has 1 heterocycles. The summed E-state index contributed by atoms with van der Waals surface area (Å²) in [5.74, 6) is -0.432. The minimum Gasteiger partial charge on any atom is -0.394 e. The van der Waals surface area contributed by atoms with Gasteiger partial charge in [0.2, 0.25) is 0 Å². The Morgan fingerprint density at radius 3 is 2.62 bits per heavy atom. The molecule has 8 heteroatoms. The highest BCUT2D eigenvalue weighted by Gasteiger charge is 2.44. The number of piperidine rings is 1. The molecule has 1 fully saturated rings. The van der Waals surface area contributed by atoms with E-state index in [1.54, 1.807) is 36.4 Å². The summed E-state index contributed by atoms with van der Waals surface area (Å²) in [7, 11) is 0. The van der Waals surface area contributed by atoms with Crippen LogP contribution in [-0.4, -0.2) is 47.5 Å². The van der Waals surface area contributed by atoms with Crippen LogP contribution in [0.1, 0.15) is 37.7 Å². The standard InChI is InChI=1S/C24H25F3N2O3/c25-24(26,27)23-3-1-2-10-29(23)20-7-6-17-11-16(4-5-18(17)13-20)12-19(14-28)22(32)9-8-21(31)15-30/h4-7,11-13,21,23,30-31H,1-3,8-10,15H2/b19-12+. The lowest BCUT2D eigenvalue weighted by Gasteiger charge is -2.38. The van der Waals surface area contributed by atoms with Gasteiger partial charge in [-0.05, 0) is 66.3 Å². The number of alkyl halides is 3. The van der Waals surface area contributed by atoms with Crippen molar-refractivity contribution >= 4 is 28.3 Å². The van der Waals surface area contributed by atoms with Gasteiger partial charge in [0, 0.05) is 18.7 Å². The number of nitriles is 1. The summed E-state index contributed by atoms with van der Waals surface area (Å²) in [5.41, 5.74) is 1.08. The molecule has 3 rings (SSSR count). The van der Waals surface area contributed by atoms with Crippen molar-refractivity contribution in [2.75, 3.05) is 18.1 Å². The lowest BCUT2D eigenvalue weighted by molar-refractivity contribution is -0.152. The first-order chi connectivity index (χ1) is 15.2. The van der Waals surface area contributed by atoms with Crippen LogP contribution < -0.4 is 4.90 Å². The maximum atomic E-state index is 13.5. The number of anilines is 1. The number of carbonyl (C=O) groups excluding carboxylic acids is 1. The van der Waals surface area contributed by atoms with Crippen molar-refractivity contribution in [3.8, 4) is 6.07 Å². The van der Waals surface area contributed by atoms with Crippen molar-refractivity contribution < 1.29 is 28.2 Å². The van der Waals surface area contributed by atoms with Crippen LogP contribution in [-0.2, 0) is 4.79 Å². The van der Waals surface area contributed by atoms with Gasteiger partial charge in [0.05, 0.1) is 18.3 Å². The summed E-state index contributed by atoms with van der Waals surface area (Å²) in [5, 5.41) is 29.1. The van der Waals surface area contributed by atoms with E-state index in [2.05, 4.69) is 0 Å². The van der Waals surface area contributed by atoms with Crippen LogP contribution in [0.5, 0.6) is 0 Å². The van der Waals surface area contributed by atoms with E-state index in [4.69, 9.17) is 5.11 Å². The zero-order chi connectivity index (χ0) is 23.3. The molecule has 0 aromatic heterocycles. The minimum absolute atomic E-state index is 0.0598. The van der Waals surface area contributed by atoms with Gasteiger partial charge in [-0.1, -0.05) is 18.2 Å². The molecule has 1 saturated heterocycles. The van der Waals surface area contributed by atoms with E-state index < -0.39 is 30.7 Å². The van der Waals surface area contributed by atoms with Crippen LogP contribution in [0.25, 0.3) is 16.8 Å². The molecule has 0 aliphatic carbocycles. The number of hydrogen-bond acceptors (Lipinski definition) is 5. The van der Waals surface area contributed by atoms with E-state index in [1.165, 1.54) is 11.0 Å². The Morgan fingerprint density at radius 1 is 1.22 bits per heavy atom. The van der Waals surface area contributed by atoms with Crippen LogP contribution in [0.2, 0.25) is 0 Å². The van der Waals surface area contributed by atoms with Gasteiger partial charge in [-0.25, -0.2) is 0 Å². The molecule has 1 aliphatic rings. The average Bonchev–Trinajstić information content (AvgIpc) is 2.79. The normalized spacial score (nSPS) is 18.4. The fourth-order valence-corrected chi connectivity index (χ4v) is 3.97. The highest BCUT2D eigenvalue weighted by Crippen LogP contribution is 2.36. The third-order valence-electron chi connectivity index (χ3n) is 5.71. The Bertz CT molecular complexity index is 1040. The second-order valence-electron chi connectivity index (χ2n) is 8.01. The van der Waals surface area contributed by atoms with Crippen LogP contribution in [0, 0.1) is 11.3 Å². The summed E-state index contributed by atoms with van der Waals surface area (Å²) in [6, 6.07) is 10.8. The Balaban J connectivity index is 1.83. The Morgan fingerprint density at radius 2 is 1.94 bits per heavy atom. The summed E-state index contributed by atoms with van der Waals surface area (Å²) >= 11 is 0. The number of benzene rings is 2. The number of Topliss-reactive ketones (excluding diaryl/α,β-unsaturated/α-hetero) is 1. The second kappa shape index (κ2) is 10.2. The first-order valence-corrected chi connectivity index (χ1v) is 10.5. The fraction of sp³-hybridized carbons (Fsp3) is 0.417. The van der Waals surface area contributed by atoms with Gasteiger partial charge in [-0.3, -0.25) is 4.79 Å². The second-order valence-corrected chi connectivity index (χ2v) is 8.01. The van der Waals surface area contributed by atoms with Crippen molar-refractivity contribution in [2.45, 2.75) is 50.4 Å². The summed E-state index contributed by atoms with van der Waals surface area (Å²) in [6.45, 7) is -0.0954. The van der Waals surface area contributed by atoms with Crippen molar-refractivity contribution in [3.05, 3.63) is 47.5 Å². The summed E-state index contributed by atoms with van der Waals surface area (Å²) in [4.78, 5) is 13.6. The fourth-order valence-electron chi connectivity index (χ4n) is 3.97. The maximum absolute atomic E-state index is 13.5. The molecule has 0 amide bonds. The number of aliphatic hydroxyl groups excluding tert-OH is 2. The lowest BCUT2D eigenvalue weighted by atomic mass is 9.98. The number of halogens is 3. The lowest BCUT2D eigenvalue weighted by Crippen LogP contribution is -2.48. The quantitative estimate of drug-likeness (QED) is 0.487. The highest BCUT2D eigenvalue weighted by molar-refractivity contribution is 6.03. The Hall–Kier alpha value is -2.89. The molecule has 2 atom stereocenters. The largest absolute Gasteiger partial charge is 0.408 e. The van der Waals surface area contributed by atoms with Gasteiger partial charge >= 0.3 is 6.18 Å². The number of hydrogen-bond donors (Lipinski definition) is 2. The van der Waals surface area contributed by atoms with Crippen molar-refractivity contribution in [1.29, 1.82) is 5.26 Å². The van der Waals surface area contributed by atoms with Crippen LogP contribution >= 0.6 is 0 Å². The zero-order valence-corrected chi connectivity index (χ0v) is 17.5. The Labute approximate surface area is 184 Å². The average molecular weight is 446 g/mol. The number of aliphatic hydroxyl groups is 2. The monoisotopic (exact) mass is 446 g/mol. The summed E-state index contributed by atoms with van der Waals surface area (Å²) < 4.78 is 40.4. The van der Waals surface area contributed by atoms with E-state index in [1.807, 2.05) is 6.07 Å². The zero-order valence-electron chi connectivity index (χ0n) is 17.5. The molecule has 2 N–H and O–H groups in total. The first kappa shape index (κ1) is 23.8. The SMILES string of the molecule is N#C/C(=C\c1ccc2cc(N3CCCCC3C(F)(F)F)ccc2c1)C(=O)CCC(O)CO. The molecule has 170 valence electrons. The molecule has 0 spiro atoms. The predicted octanol–water partition coefficient (Wildman–Crippen LogP) is 4.37. The maximum Gasteiger partial charge on any atom is 0.408 e. The number of rotatable bonds is 7. The van der Waals surface area contributed by atoms with E-state index in [0.29, 0.717) is 30.6 Å². The molecule has 5 nitrogen and oxygen atoms in total. The number of ketones is 1. The van der Waals surface area contributed by atoms with Crippen LogP contribution in [0.15, 0.2) is 42.0 Å². The third kappa shape index (κ3) is 5.67. The van der Waals surface area contributed by atoms with Gasteiger partial charge in [0.25, 0.3) is 0 Å². The van der Waals surface area contributed by atoms with Crippen LogP contribution in [0.4, 0.5) is 18.9 Å². The van der Waals surface area contributed by atoms with Gasteiger partial charge in [0.1, 0.15) is 12.1 Å². The van der Waals surface area contributed by atoms with Gasteiger partial charge in [-0.15, -0.1) is 0 Å². The van der Waals surface area contributed by atoms with E-state index in [-0.39, 0.29) is 24.8 Å². The highest BCUT2D eigenvalue weighted by atomic mass is 19.4. The first-order valence-electron chi connectivity index (χ1n) is 10.5. The van der Waals surface area contributed by atoms with Gasteiger partial charge in [0.15, 0.2) is 5.78 Å². The van der Waals surface area contributed by atoms with Gasteiger partial charge in [-0.2, -0.15) is 18.4 Å². The third-order valence-corrected chi connectivity index (χ3v) is 5.71.